The summed E-state index contributed by atoms with van der Waals surface area (Å²) in [5.74, 6) is -5.14. The van der Waals surface area contributed by atoms with Crippen LogP contribution in [-0.4, -0.2) is 74.3 Å². The summed E-state index contributed by atoms with van der Waals surface area (Å²) in [5, 5.41) is 45.4. The number of nitrogens with one attached hydrogen (secondary N) is 3. The molecule has 3 amide bonds. The summed E-state index contributed by atoms with van der Waals surface area (Å²) in [6.07, 6.45) is -0.203. The Labute approximate surface area is 243 Å². The second-order valence-electron chi connectivity index (χ2n) is 10.1. The lowest BCUT2D eigenvalue weighted by molar-refractivity contribution is -0.144. The summed E-state index contributed by atoms with van der Waals surface area (Å²) in [6, 6.07) is 6.78. The lowest BCUT2D eigenvalue weighted by atomic mass is 9.97. The first kappa shape index (κ1) is 33.6. The van der Waals surface area contributed by atoms with Crippen molar-refractivity contribution in [2.24, 2.45) is 11.7 Å². The van der Waals surface area contributed by atoms with Gasteiger partial charge in [0.05, 0.1) is 6.04 Å². The Hall–Kier alpha value is -4.65. The molecule has 0 aliphatic heterocycles. The van der Waals surface area contributed by atoms with E-state index in [1.54, 1.807) is 26.0 Å². The quantitative estimate of drug-likeness (QED) is 0.137. The third-order valence-electron chi connectivity index (χ3n) is 6.80. The molecular weight excluding hydrogens is 548 g/mol. The van der Waals surface area contributed by atoms with E-state index in [0.29, 0.717) is 17.5 Å². The summed E-state index contributed by atoms with van der Waals surface area (Å²) in [4.78, 5) is 62.4. The Bertz CT molecular complexity index is 1230. The van der Waals surface area contributed by atoms with Crippen molar-refractivity contribution in [1.82, 2.24) is 16.0 Å². The summed E-state index contributed by atoms with van der Waals surface area (Å²) < 4.78 is 0. The van der Waals surface area contributed by atoms with Crippen molar-refractivity contribution in [3.8, 4) is 11.5 Å². The lowest BCUT2D eigenvalue weighted by Crippen LogP contribution is -2.58. The second-order valence-corrected chi connectivity index (χ2v) is 10.1. The molecule has 2 aromatic rings. The molecule has 0 fully saturated rings. The van der Waals surface area contributed by atoms with Gasteiger partial charge in [0, 0.05) is 19.3 Å². The van der Waals surface area contributed by atoms with Gasteiger partial charge >= 0.3 is 11.9 Å². The number of hydrogen-bond donors (Lipinski definition) is 8. The van der Waals surface area contributed by atoms with Gasteiger partial charge in [0.2, 0.25) is 17.7 Å². The van der Waals surface area contributed by atoms with Crippen LogP contribution in [0, 0.1) is 5.92 Å². The summed E-state index contributed by atoms with van der Waals surface area (Å²) in [5.41, 5.74) is 6.94. The fourth-order valence-corrected chi connectivity index (χ4v) is 4.05. The van der Waals surface area contributed by atoms with Gasteiger partial charge in [0.25, 0.3) is 0 Å². The number of aliphatic carboxylic acids is 2. The van der Waals surface area contributed by atoms with Gasteiger partial charge in [0.15, 0.2) is 0 Å². The molecule has 2 rings (SSSR count). The van der Waals surface area contributed by atoms with Crippen LogP contribution in [0.3, 0.4) is 0 Å². The van der Waals surface area contributed by atoms with Crippen LogP contribution in [0.5, 0.6) is 11.5 Å². The van der Waals surface area contributed by atoms with Gasteiger partial charge in [-0.3, -0.25) is 19.2 Å². The summed E-state index contributed by atoms with van der Waals surface area (Å²) in [6.45, 7) is 3.45. The lowest BCUT2D eigenvalue weighted by Gasteiger charge is -2.27. The van der Waals surface area contributed by atoms with Crippen molar-refractivity contribution in [3.63, 3.8) is 0 Å². The maximum Gasteiger partial charge on any atom is 0.326 e. The van der Waals surface area contributed by atoms with E-state index >= 15 is 0 Å². The highest BCUT2D eigenvalue weighted by Gasteiger charge is 2.32. The number of carbonyl (C=O) groups excluding carboxylic acids is 3. The molecule has 2 aromatic carbocycles. The Morgan fingerprint density at radius 1 is 0.738 bits per heavy atom. The number of carbonyl (C=O) groups is 5. The van der Waals surface area contributed by atoms with Crippen LogP contribution in [0.1, 0.15) is 44.2 Å². The van der Waals surface area contributed by atoms with Gasteiger partial charge in [-0.2, -0.15) is 0 Å². The second kappa shape index (κ2) is 16.0. The highest BCUT2D eigenvalue weighted by molar-refractivity contribution is 5.94. The van der Waals surface area contributed by atoms with Gasteiger partial charge in [-0.15, -0.1) is 0 Å². The average molecular weight is 587 g/mol. The number of carboxylic acid groups (broad SMARTS) is 2. The number of carboxylic acids is 2. The predicted octanol–water partition coefficient (Wildman–Crippen LogP) is 0.660. The third kappa shape index (κ3) is 10.7. The van der Waals surface area contributed by atoms with E-state index in [9.17, 15) is 39.3 Å². The molecule has 9 N–H and O–H groups in total. The molecule has 228 valence electrons. The molecule has 0 aliphatic carbocycles. The molecule has 0 bridgehead atoms. The molecule has 5 atom stereocenters. The van der Waals surface area contributed by atoms with Crippen LogP contribution < -0.4 is 21.7 Å². The van der Waals surface area contributed by atoms with Crippen LogP contribution >= 0.6 is 0 Å². The molecule has 0 heterocycles. The van der Waals surface area contributed by atoms with Crippen molar-refractivity contribution in [2.45, 2.75) is 70.1 Å². The van der Waals surface area contributed by atoms with Crippen molar-refractivity contribution in [2.75, 3.05) is 0 Å². The maximum absolute atomic E-state index is 13.6. The minimum Gasteiger partial charge on any atom is -0.508 e. The first-order valence-electron chi connectivity index (χ1n) is 13.5. The first-order valence-corrected chi connectivity index (χ1v) is 13.5. The number of benzene rings is 2. The molecule has 0 aliphatic rings. The SMILES string of the molecule is CCC(C)C(NC(=O)C(Cc1ccc(O)cc1)NC(=O)C(Cc1ccc(O)cc1)NC(=O)C(N)CCC(=O)O)C(=O)O. The molecule has 0 radical (unpaired) electrons. The van der Waals surface area contributed by atoms with Crippen molar-refractivity contribution in [1.29, 1.82) is 0 Å². The molecular formula is C29H38N4O9. The normalized spacial score (nSPS) is 14.5. The molecule has 0 saturated heterocycles. The standard InChI is InChI=1S/C29H38N4O9/c1-3-16(2)25(29(41)42)33-28(40)23(15-18-6-10-20(35)11-7-18)32-27(39)22(14-17-4-8-19(34)9-5-17)31-26(38)21(30)12-13-24(36)37/h4-11,16,21-23,25,34-35H,3,12-15,30H2,1-2H3,(H,31,38)(H,32,39)(H,33,40)(H,36,37)(H,41,42). The van der Waals surface area contributed by atoms with E-state index in [1.807, 2.05) is 0 Å². The Balaban J connectivity index is 2.35. The van der Waals surface area contributed by atoms with Crippen LogP contribution in [0.4, 0.5) is 0 Å². The first-order chi connectivity index (χ1) is 19.8. The number of phenols is 2. The summed E-state index contributed by atoms with van der Waals surface area (Å²) in [7, 11) is 0. The molecule has 0 saturated carbocycles. The van der Waals surface area contributed by atoms with Gasteiger partial charge in [0.1, 0.15) is 29.6 Å². The zero-order chi connectivity index (χ0) is 31.4. The van der Waals surface area contributed by atoms with Crippen molar-refractivity contribution < 1.29 is 44.4 Å². The highest BCUT2D eigenvalue weighted by atomic mass is 16.4. The fourth-order valence-electron chi connectivity index (χ4n) is 4.05. The number of nitrogens with two attached hydrogens (primary N) is 1. The van der Waals surface area contributed by atoms with Gasteiger partial charge in [-0.05, 0) is 47.7 Å². The number of phenolic OH excluding ortho intramolecular Hbond substituents is 2. The van der Waals surface area contributed by atoms with Crippen LogP contribution in [0.25, 0.3) is 0 Å². The van der Waals surface area contributed by atoms with Gasteiger partial charge in [-0.25, -0.2) is 4.79 Å². The molecule has 0 aromatic heterocycles. The smallest absolute Gasteiger partial charge is 0.326 e. The van der Waals surface area contributed by atoms with Crippen molar-refractivity contribution in [3.05, 3.63) is 59.7 Å². The topological polar surface area (TPSA) is 228 Å². The molecule has 0 spiro atoms. The Kier molecular flexibility index (Phi) is 12.8. The fraction of sp³-hybridized carbons (Fsp3) is 0.414. The predicted molar refractivity (Wildman–Crippen MR) is 151 cm³/mol. The molecule has 42 heavy (non-hydrogen) atoms. The van der Waals surface area contributed by atoms with E-state index in [4.69, 9.17) is 10.8 Å². The number of aromatic hydroxyl groups is 2. The van der Waals surface area contributed by atoms with Crippen molar-refractivity contribution >= 4 is 29.7 Å². The Morgan fingerprint density at radius 2 is 1.17 bits per heavy atom. The van der Waals surface area contributed by atoms with E-state index in [-0.39, 0.29) is 37.2 Å². The minimum absolute atomic E-state index is 0.0117. The van der Waals surface area contributed by atoms with Gasteiger partial charge in [-0.1, -0.05) is 44.5 Å². The zero-order valence-corrected chi connectivity index (χ0v) is 23.4. The third-order valence-corrected chi connectivity index (χ3v) is 6.80. The van der Waals surface area contributed by atoms with Crippen LogP contribution in [0.15, 0.2) is 48.5 Å². The average Bonchev–Trinajstić information content (AvgIpc) is 2.95. The van der Waals surface area contributed by atoms with Crippen LogP contribution in [0.2, 0.25) is 0 Å². The maximum atomic E-state index is 13.6. The highest BCUT2D eigenvalue weighted by Crippen LogP contribution is 2.15. The van der Waals surface area contributed by atoms with E-state index in [0.717, 1.165) is 0 Å². The monoisotopic (exact) mass is 586 g/mol. The van der Waals surface area contributed by atoms with E-state index < -0.39 is 59.7 Å². The van der Waals surface area contributed by atoms with E-state index in [1.165, 1.54) is 36.4 Å². The zero-order valence-electron chi connectivity index (χ0n) is 23.4. The number of rotatable bonds is 16. The Morgan fingerprint density at radius 3 is 1.57 bits per heavy atom. The number of hydrogen-bond acceptors (Lipinski definition) is 8. The van der Waals surface area contributed by atoms with Crippen LogP contribution in [-0.2, 0) is 36.8 Å². The largest absolute Gasteiger partial charge is 0.508 e. The molecule has 13 nitrogen and oxygen atoms in total. The van der Waals surface area contributed by atoms with Gasteiger partial charge < -0.3 is 42.1 Å². The minimum atomic E-state index is -1.27. The molecule has 5 unspecified atom stereocenters. The summed E-state index contributed by atoms with van der Waals surface area (Å²) >= 11 is 0. The number of amides is 3. The molecule has 13 heteroatoms. The van der Waals surface area contributed by atoms with E-state index in [2.05, 4.69) is 16.0 Å².